The smallest absolute Gasteiger partial charge is 0.147 e. The molecule has 1 aromatic carbocycles. The quantitative estimate of drug-likeness (QED) is 0.599. The second-order valence-electron chi connectivity index (χ2n) is 1.99. The van der Waals surface area contributed by atoms with Gasteiger partial charge in [-0.25, -0.2) is 4.21 Å². The van der Waals surface area contributed by atoms with Crippen LogP contribution in [0, 0.1) is 10.7 Å². The zero-order valence-corrected chi connectivity index (χ0v) is 9.30. The number of nitriles is 1. The normalized spacial score (nSPS) is 12.1. The Bertz CT molecular complexity index is 389. The molecule has 0 radical (unpaired) electrons. The van der Waals surface area contributed by atoms with Gasteiger partial charge in [-0.2, -0.15) is 5.26 Å². The highest BCUT2D eigenvalue weighted by Gasteiger charge is 2.06. The monoisotopic (exact) mass is 251 g/mol. The van der Waals surface area contributed by atoms with Gasteiger partial charge in [-0.05, 0) is 18.2 Å². The van der Waals surface area contributed by atoms with Gasteiger partial charge in [0, 0.05) is 0 Å². The van der Waals surface area contributed by atoms with Gasteiger partial charge in [0.15, 0.2) is 0 Å². The van der Waals surface area contributed by atoms with E-state index in [4.69, 9.17) is 28.5 Å². The fourth-order valence-electron chi connectivity index (χ4n) is 0.662. The summed E-state index contributed by atoms with van der Waals surface area (Å²) in [5.74, 6) is 0. The molecule has 0 aromatic heterocycles. The summed E-state index contributed by atoms with van der Waals surface area (Å²) in [4.78, 5) is 0.487. The first kappa shape index (κ1) is 10.9. The van der Waals surface area contributed by atoms with Gasteiger partial charge in [-0.1, -0.05) is 23.2 Å². The van der Waals surface area contributed by atoms with Crippen LogP contribution in [0.4, 0.5) is 0 Å². The summed E-state index contributed by atoms with van der Waals surface area (Å²) < 4.78 is 11.3. The number of benzene rings is 1. The van der Waals surface area contributed by atoms with Crippen molar-refractivity contribution in [2.24, 2.45) is 0 Å². The molecular formula is C7H3Cl2NOS2. The Balaban J connectivity index is 2.98. The molecule has 0 bridgehead atoms. The van der Waals surface area contributed by atoms with Crippen LogP contribution in [-0.4, -0.2) is 4.21 Å². The second kappa shape index (κ2) is 4.87. The van der Waals surface area contributed by atoms with Crippen LogP contribution in [0.1, 0.15) is 0 Å². The van der Waals surface area contributed by atoms with E-state index in [1.807, 2.05) is 0 Å². The van der Waals surface area contributed by atoms with Gasteiger partial charge in [0.1, 0.15) is 15.2 Å². The third-order valence-corrected chi connectivity index (χ3v) is 4.06. The standard InChI is InChI=1S/C7H3Cl2NOS2/c8-6-2-1-5(3-7(6)9)13(11)12-4-10/h1-3H. The molecule has 1 unspecified atom stereocenters. The lowest BCUT2D eigenvalue weighted by Crippen LogP contribution is -1.83. The van der Waals surface area contributed by atoms with Crippen LogP contribution in [0.2, 0.25) is 10.0 Å². The van der Waals surface area contributed by atoms with Crippen LogP contribution in [0.25, 0.3) is 0 Å². The maximum atomic E-state index is 11.3. The largest absolute Gasteiger partial charge is 0.242 e. The van der Waals surface area contributed by atoms with Crippen molar-refractivity contribution in [1.82, 2.24) is 0 Å². The SMILES string of the molecule is N#CSS(=O)c1ccc(Cl)c(Cl)c1. The van der Waals surface area contributed by atoms with E-state index in [-0.39, 0.29) is 0 Å². The van der Waals surface area contributed by atoms with Crippen LogP contribution in [0.5, 0.6) is 0 Å². The highest BCUT2D eigenvalue weighted by atomic mass is 35.5. The highest BCUT2D eigenvalue weighted by molar-refractivity contribution is 8.71. The fraction of sp³-hybridized carbons (Fsp3) is 0. The molecular weight excluding hydrogens is 249 g/mol. The summed E-state index contributed by atoms with van der Waals surface area (Å²) in [6.45, 7) is 0. The van der Waals surface area contributed by atoms with Crippen molar-refractivity contribution in [1.29, 1.82) is 5.26 Å². The maximum Gasteiger partial charge on any atom is 0.147 e. The summed E-state index contributed by atoms with van der Waals surface area (Å²) in [5.41, 5.74) is 0. The van der Waals surface area contributed by atoms with Crippen LogP contribution in [0.15, 0.2) is 23.1 Å². The first-order valence-corrected chi connectivity index (χ1v) is 6.32. The molecule has 6 heteroatoms. The van der Waals surface area contributed by atoms with Crippen molar-refractivity contribution in [2.75, 3.05) is 0 Å². The molecule has 0 saturated heterocycles. The summed E-state index contributed by atoms with van der Waals surface area (Å²) in [5, 5.41) is 10.8. The average Bonchev–Trinajstić information content (AvgIpc) is 2.10. The van der Waals surface area contributed by atoms with E-state index in [1.165, 1.54) is 6.07 Å². The maximum absolute atomic E-state index is 11.3. The van der Waals surface area contributed by atoms with Gasteiger partial charge >= 0.3 is 0 Å². The Kier molecular flexibility index (Phi) is 4.07. The van der Waals surface area contributed by atoms with Crippen molar-refractivity contribution >= 4 is 43.8 Å². The molecule has 1 atom stereocenters. The number of thiocyanates is 1. The molecule has 0 spiro atoms. The Morgan fingerprint density at radius 2 is 2.08 bits per heavy atom. The van der Waals surface area contributed by atoms with Crippen LogP contribution in [-0.2, 0) is 9.83 Å². The van der Waals surface area contributed by atoms with Gasteiger partial charge < -0.3 is 0 Å². The number of nitrogens with zero attached hydrogens (tertiary/aromatic N) is 1. The van der Waals surface area contributed by atoms with E-state index in [2.05, 4.69) is 0 Å². The first-order valence-electron chi connectivity index (χ1n) is 3.08. The molecule has 0 aliphatic heterocycles. The number of hydrogen-bond donors (Lipinski definition) is 0. The predicted molar refractivity (Wildman–Crippen MR) is 56.1 cm³/mol. The van der Waals surface area contributed by atoms with E-state index in [9.17, 15) is 4.21 Å². The van der Waals surface area contributed by atoms with Crippen LogP contribution >= 0.6 is 34.0 Å². The summed E-state index contributed by atoms with van der Waals surface area (Å²) >= 11 is 11.4. The van der Waals surface area contributed by atoms with E-state index in [0.29, 0.717) is 25.7 Å². The van der Waals surface area contributed by atoms with E-state index >= 15 is 0 Å². The van der Waals surface area contributed by atoms with Gasteiger partial charge in [0.2, 0.25) is 0 Å². The van der Waals surface area contributed by atoms with Crippen molar-refractivity contribution in [2.45, 2.75) is 4.90 Å². The Morgan fingerprint density at radius 3 is 2.62 bits per heavy atom. The third-order valence-electron chi connectivity index (χ3n) is 1.20. The van der Waals surface area contributed by atoms with Gasteiger partial charge in [0.25, 0.3) is 0 Å². The Labute approximate surface area is 91.7 Å². The molecule has 13 heavy (non-hydrogen) atoms. The van der Waals surface area contributed by atoms with Gasteiger partial charge in [-0.3, -0.25) is 0 Å². The molecule has 68 valence electrons. The molecule has 1 rings (SSSR count). The molecule has 2 nitrogen and oxygen atoms in total. The molecule has 0 saturated carbocycles. The summed E-state index contributed by atoms with van der Waals surface area (Å²) in [6, 6.07) is 4.62. The average molecular weight is 252 g/mol. The van der Waals surface area contributed by atoms with Crippen molar-refractivity contribution < 1.29 is 4.21 Å². The molecule has 0 N–H and O–H groups in total. The lowest BCUT2D eigenvalue weighted by Gasteiger charge is -1.98. The van der Waals surface area contributed by atoms with E-state index in [0.717, 1.165) is 0 Å². The van der Waals surface area contributed by atoms with Crippen LogP contribution in [0.3, 0.4) is 0 Å². The summed E-state index contributed by atoms with van der Waals surface area (Å²) in [6.07, 6.45) is 0. The predicted octanol–water partition coefficient (Wildman–Crippen LogP) is 3.23. The molecule has 0 fully saturated rings. The number of hydrogen-bond acceptors (Lipinski definition) is 3. The third kappa shape index (κ3) is 2.89. The Hall–Kier alpha value is -0.210. The highest BCUT2D eigenvalue weighted by Crippen LogP contribution is 2.26. The lowest BCUT2D eigenvalue weighted by molar-refractivity contribution is 0.692. The zero-order valence-electron chi connectivity index (χ0n) is 6.16. The minimum Gasteiger partial charge on any atom is -0.242 e. The molecule has 0 aliphatic rings. The van der Waals surface area contributed by atoms with Crippen molar-refractivity contribution in [3.8, 4) is 5.40 Å². The van der Waals surface area contributed by atoms with E-state index < -0.39 is 9.83 Å². The first-order chi connectivity index (χ1) is 6.15. The number of rotatable bonds is 2. The molecule has 0 heterocycles. The topological polar surface area (TPSA) is 40.9 Å². The molecule has 1 aromatic rings. The van der Waals surface area contributed by atoms with Crippen molar-refractivity contribution in [3.63, 3.8) is 0 Å². The fourth-order valence-corrected chi connectivity index (χ4v) is 2.39. The lowest BCUT2D eigenvalue weighted by atomic mass is 10.4. The van der Waals surface area contributed by atoms with Gasteiger partial charge in [-0.15, -0.1) is 0 Å². The van der Waals surface area contributed by atoms with E-state index in [1.54, 1.807) is 17.5 Å². The van der Waals surface area contributed by atoms with Crippen LogP contribution < -0.4 is 0 Å². The summed E-state index contributed by atoms with van der Waals surface area (Å²) in [7, 11) is -0.715. The minimum atomic E-state index is -1.39. The zero-order chi connectivity index (χ0) is 9.84. The van der Waals surface area contributed by atoms with Gasteiger partial charge in [0.05, 0.1) is 25.7 Å². The molecule has 0 aliphatic carbocycles. The Morgan fingerprint density at radius 1 is 1.38 bits per heavy atom. The van der Waals surface area contributed by atoms with Crippen molar-refractivity contribution in [3.05, 3.63) is 28.2 Å². The number of halogens is 2. The second-order valence-corrected chi connectivity index (χ2v) is 5.50. The molecule has 0 amide bonds. The minimum absolute atomic E-state index is 0.339.